The van der Waals surface area contributed by atoms with Crippen molar-refractivity contribution >= 4 is 13.9 Å². The molecule has 3 rings (SSSR count). The standard InChI is InChI=1S/C24H28NOP/c1-3-19-11-7-8-14-21(19)22-15-9-10-16-23(22)27-17-25-18(2)24(26)20-12-5-4-6-13-20/h4-16,18,24-27H,3,17H2,1-2H3/t18-,24-/m0/s1. The van der Waals surface area contributed by atoms with Gasteiger partial charge in [0.1, 0.15) is 0 Å². The zero-order valence-electron chi connectivity index (χ0n) is 16.0. The molecule has 0 aromatic heterocycles. The summed E-state index contributed by atoms with van der Waals surface area (Å²) in [6.45, 7) is 4.25. The maximum atomic E-state index is 10.5. The third kappa shape index (κ3) is 5.05. The van der Waals surface area contributed by atoms with Crippen LogP contribution in [0.1, 0.15) is 31.1 Å². The van der Waals surface area contributed by atoms with Gasteiger partial charge in [-0.1, -0.05) is 94.4 Å². The SMILES string of the molecule is CCc1ccccc1-c1ccccc1PCN[C@@H](C)[C@H](O)c1ccccc1. The van der Waals surface area contributed by atoms with Crippen LogP contribution < -0.4 is 10.6 Å². The van der Waals surface area contributed by atoms with Gasteiger partial charge in [0.25, 0.3) is 0 Å². The molecule has 0 radical (unpaired) electrons. The Hall–Kier alpha value is -1.99. The maximum absolute atomic E-state index is 10.5. The Kier molecular flexibility index (Phi) is 7.18. The number of benzene rings is 3. The smallest absolute Gasteiger partial charge is 0.0940 e. The van der Waals surface area contributed by atoms with Crippen LogP contribution in [-0.4, -0.2) is 17.4 Å². The van der Waals surface area contributed by atoms with Crippen LogP contribution in [0.4, 0.5) is 0 Å². The van der Waals surface area contributed by atoms with Crippen molar-refractivity contribution in [2.45, 2.75) is 32.4 Å². The summed E-state index contributed by atoms with van der Waals surface area (Å²) >= 11 is 0. The predicted octanol–water partition coefficient (Wildman–Crippen LogP) is 4.89. The normalized spacial score (nSPS) is 13.7. The lowest BCUT2D eigenvalue weighted by Crippen LogP contribution is -2.32. The number of aliphatic hydroxyl groups is 1. The summed E-state index contributed by atoms with van der Waals surface area (Å²) in [5, 5.41) is 15.4. The molecule has 140 valence electrons. The van der Waals surface area contributed by atoms with E-state index in [0.717, 1.165) is 18.3 Å². The van der Waals surface area contributed by atoms with Gasteiger partial charge >= 0.3 is 0 Å². The van der Waals surface area contributed by atoms with Crippen molar-refractivity contribution in [2.24, 2.45) is 0 Å². The minimum absolute atomic E-state index is 0.00925. The van der Waals surface area contributed by atoms with Crippen molar-refractivity contribution in [3.63, 3.8) is 0 Å². The molecule has 3 aromatic carbocycles. The quantitative estimate of drug-likeness (QED) is 0.548. The molecular formula is C24H28NOP. The molecule has 0 saturated carbocycles. The molecule has 0 amide bonds. The highest BCUT2D eigenvalue weighted by molar-refractivity contribution is 7.47. The van der Waals surface area contributed by atoms with E-state index in [9.17, 15) is 5.11 Å². The van der Waals surface area contributed by atoms with Gasteiger partial charge in [-0.15, -0.1) is 0 Å². The van der Waals surface area contributed by atoms with Gasteiger partial charge in [0.05, 0.1) is 6.10 Å². The lowest BCUT2D eigenvalue weighted by Gasteiger charge is -2.21. The second-order valence-electron chi connectivity index (χ2n) is 6.76. The number of hydrogen-bond acceptors (Lipinski definition) is 2. The molecular weight excluding hydrogens is 349 g/mol. The number of nitrogens with one attached hydrogen (secondary N) is 1. The van der Waals surface area contributed by atoms with Crippen molar-refractivity contribution < 1.29 is 5.11 Å². The average Bonchev–Trinajstić information content (AvgIpc) is 2.74. The fourth-order valence-corrected chi connectivity index (χ4v) is 4.56. The Bertz CT molecular complexity index is 850. The summed E-state index contributed by atoms with van der Waals surface area (Å²) in [5.74, 6) is 0. The van der Waals surface area contributed by atoms with E-state index in [2.05, 4.69) is 60.8 Å². The van der Waals surface area contributed by atoms with Gasteiger partial charge in [0.15, 0.2) is 0 Å². The van der Waals surface area contributed by atoms with Gasteiger partial charge in [-0.25, -0.2) is 0 Å². The summed E-state index contributed by atoms with van der Waals surface area (Å²) in [4.78, 5) is 0. The average molecular weight is 377 g/mol. The molecule has 27 heavy (non-hydrogen) atoms. The Morgan fingerprint density at radius 2 is 1.48 bits per heavy atom. The highest BCUT2D eigenvalue weighted by Crippen LogP contribution is 2.27. The maximum Gasteiger partial charge on any atom is 0.0940 e. The van der Waals surface area contributed by atoms with Crippen LogP contribution in [0.3, 0.4) is 0 Å². The van der Waals surface area contributed by atoms with E-state index in [0.29, 0.717) is 8.58 Å². The van der Waals surface area contributed by atoms with Gasteiger partial charge in [-0.05, 0) is 40.9 Å². The van der Waals surface area contributed by atoms with Gasteiger partial charge in [-0.3, -0.25) is 0 Å². The fourth-order valence-electron chi connectivity index (χ4n) is 3.32. The van der Waals surface area contributed by atoms with Gasteiger partial charge in [0, 0.05) is 12.3 Å². The first-order valence-electron chi connectivity index (χ1n) is 9.58. The Morgan fingerprint density at radius 1 is 0.852 bits per heavy atom. The molecule has 3 heteroatoms. The van der Waals surface area contributed by atoms with Gasteiger partial charge < -0.3 is 10.4 Å². The molecule has 3 aromatic rings. The molecule has 0 heterocycles. The molecule has 0 fully saturated rings. The van der Waals surface area contributed by atoms with E-state index in [1.807, 2.05) is 37.3 Å². The molecule has 0 spiro atoms. The number of aliphatic hydroxyl groups excluding tert-OH is 1. The molecule has 0 saturated heterocycles. The fraction of sp³-hybridized carbons (Fsp3) is 0.250. The summed E-state index contributed by atoms with van der Waals surface area (Å²) in [6, 6.07) is 27.2. The van der Waals surface area contributed by atoms with E-state index in [4.69, 9.17) is 0 Å². The second-order valence-corrected chi connectivity index (χ2v) is 8.00. The Balaban J connectivity index is 1.67. The molecule has 0 bridgehead atoms. The highest BCUT2D eigenvalue weighted by Gasteiger charge is 2.15. The molecule has 0 aliphatic heterocycles. The summed E-state index contributed by atoms with van der Waals surface area (Å²) in [5.41, 5.74) is 5.00. The van der Waals surface area contributed by atoms with Crippen LogP contribution in [0, 0.1) is 0 Å². The number of hydrogen-bond donors (Lipinski definition) is 2. The molecule has 1 unspecified atom stereocenters. The molecule has 0 aliphatic carbocycles. The van der Waals surface area contributed by atoms with Crippen LogP contribution in [-0.2, 0) is 6.42 Å². The first-order valence-corrected chi connectivity index (χ1v) is 10.8. The second kappa shape index (κ2) is 9.80. The van der Waals surface area contributed by atoms with E-state index in [1.165, 1.54) is 22.0 Å². The Labute approximate surface area is 164 Å². The minimum atomic E-state index is -0.493. The monoisotopic (exact) mass is 377 g/mol. The third-order valence-electron chi connectivity index (χ3n) is 4.93. The van der Waals surface area contributed by atoms with Crippen molar-refractivity contribution in [3.05, 3.63) is 90.0 Å². The molecule has 3 atom stereocenters. The van der Waals surface area contributed by atoms with Crippen molar-refractivity contribution in [1.82, 2.24) is 5.32 Å². The lowest BCUT2D eigenvalue weighted by atomic mass is 9.98. The molecule has 2 N–H and O–H groups in total. The largest absolute Gasteiger partial charge is 0.387 e. The zero-order chi connectivity index (χ0) is 19.1. The zero-order valence-corrected chi connectivity index (χ0v) is 17.0. The number of aryl methyl sites for hydroxylation is 1. The predicted molar refractivity (Wildman–Crippen MR) is 118 cm³/mol. The first-order chi connectivity index (χ1) is 13.2. The number of rotatable bonds is 8. The summed E-state index contributed by atoms with van der Waals surface area (Å²) in [7, 11) is 0.648. The minimum Gasteiger partial charge on any atom is -0.387 e. The van der Waals surface area contributed by atoms with E-state index in [-0.39, 0.29) is 6.04 Å². The van der Waals surface area contributed by atoms with Gasteiger partial charge in [0.2, 0.25) is 0 Å². The van der Waals surface area contributed by atoms with E-state index in [1.54, 1.807) is 0 Å². The topological polar surface area (TPSA) is 32.3 Å². The van der Waals surface area contributed by atoms with Crippen LogP contribution in [0.2, 0.25) is 0 Å². The summed E-state index contributed by atoms with van der Waals surface area (Å²) < 4.78 is 0. The lowest BCUT2D eigenvalue weighted by molar-refractivity contribution is 0.139. The molecule has 2 nitrogen and oxygen atoms in total. The van der Waals surface area contributed by atoms with Crippen molar-refractivity contribution in [2.75, 3.05) is 6.29 Å². The van der Waals surface area contributed by atoms with Crippen LogP contribution in [0.25, 0.3) is 11.1 Å². The van der Waals surface area contributed by atoms with Crippen molar-refractivity contribution in [1.29, 1.82) is 0 Å². The molecule has 0 aliphatic rings. The van der Waals surface area contributed by atoms with Crippen LogP contribution in [0.5, 0.6) is 0 Å². The Morgan fingerprint density at radius 3 is 2.22 bits per heavy atom. The van der Waals surface area contributed by atoms with Crippen LogP contribution in [0.15, 0.2) is 78.9 Å². The first kappa shape index (κ1) is 19.8. The van der Waals surface area contributed by atoms with Crippen LogP contribution >= 0.6 is 8.58 Å². The van der Waals surface area contributed by atoms with E-state index < -0.39 is 6.10 Å². The summed E-state index contributed by atoms with van der Waals surface area (Å²) in [6.07, 6.45) is 1.40. The van der Waals surface area contributed by atoms with E-state index >= 15 is 0 Å². The third-order valence-corrected chi connectivity index (χ3v) is 6.13. The van der Waals surface area contributed by atoms with Gasteiger partial charge in [-0.2, -0.15) is 0 Å². The highest BCUT2D eigenvalue weighted by atomic mass is 31.1. The van der Waals surface area contributed by atoms with Crippen molar-refractivity contribution in [3.8, 4) is 11.1 Å².